The van der Waals surface area contributed by atoms with E-state index in [1.54, 1.807) is 6.92 Å². The highest BCUT2D eigenvalue weighted by Crippen LogP contribution is 2.14. The lowest BCUT2D eigenvalue weighted by molar-refractivity contribution is -0.118. The van der Waals surface area contributed by atoms with Gasteiger partial charge in [-0.2, -0.15) is 0 Å². The average molecular weight is 185 g/mol. The Kier molecular flexibility index (Phi) is 6.87. The molecular weight excluding hydrogens is 162 g/mol. The molecule has 0 aromatic heterocycles. The Hall–Kier alpha value is -0.370. The maximum absolute atomic E-state index is 10.9. The second-order valence-electron chi connectivity index (χ2n) is 4.05. The fourth-order valence-corrected chi connectivity index (χ4v) is 1.46. The summed E-state index contributed by atoms with van der Waals surface area (Å²) >= 11 is 0. The number of hydrogen-bond acceptors (Lipinski definition) is 2. The molecule has 0 aliphatic heterocycles. The van der Waals surface area contributed by atoms with Gasteiger partial charge in [0.1, 0.15) is 5.78 Å². The molecule has 0 aliphatic rings. The minimum Gasteiger partial charge on any atom is -0.322 e. The van der Waals surface area contributed by atoms with Crippen LogP contribution in [0.1, 0.15) is 52.9 Å². The van der Waals surface area contributed by atoms with Gasteiger partial charge in [-0.05, 0) is 19.3 Å². The van der Waals surface area contributed by atoms with Crippen molar-refractivity contribution in [1.29, 1.82) is 0 Å². The van der Waals surface area contributed by atoms with Gasteiger partial charge < -0.3 is 5.73 Å². The van der Waals surface area contributed by atoms with E-state index in [0.717, 1.165) is 6.42 Å². The molecule has 0 radical (unpaired) electrons. The van der Waals surface area contributed by atoms with Gasteiger partial charge >= 0.3 is 0 Å². The van der Waals surface area contributed by atoms with Crippen molar-refractivity contribution in [2.45, 2.75) is 58.9 Å². The lowest BCUT2D eigenvalue weighted by atomic mass is 9.95. The van der Waals surface area contributed by atoms with Crippen LogP contribution in [0.15, 0.2) is 0 Å². The summed E-state index contributed by atoms with van der Waals surface area (Å²) in [5.74, 6) is 0.702. The summed E-state index contributed by atoms with van der Waals surface area (Å²) in [5.41, 5.74) is 5.67. The molecule has 2 N–H and O–H groups in total. The van der Waals surface area contributed by atoms with Crippen LogP contribution in [-0.2, 0) is 4.79 Å². The average Bonchev–Trinajstić information content (AvgIpc) is 2.04. The van der Waals surface area contributed by atoms with E-state index in [0.29, 0.717) is 5.92 Å². The molecule has 0 rings (SSSR count). The van der Waals surface area contributed by atoms with E-state index < -0.39 is 0 Å². The van der Waals surface area contributed by atoms with Gasteiger partial charge in [0, 0.05) is 0 Å². The maximum Gasteiger partial charge on any atom is 0.146 e. The Morgan fingerprint density at radius 2 is 2.00 bits per heavy atom. The van der Waals surface area contributed by atoms with Gasteiger partial charge in [-0.3, -0.25) is 4.79 Å². The van der Waals surface area contributed by atoms with Gasteiger partial charge in [-0.1, -0.05) is 39.5 Å². The lowest BCUT2D eigenvalue weighted by Crippen LogP contribution is -2.30. The largest absolute Gasteiger partial charge is 0.322 e. The predicted molar refractivity (Wildman–Crippen MR) is 56.6 cm³/mol. The van der Waals surface area contributed by atoms with Crippen LogP contribution in [0.5, 0.6) is 0 Å². The van der Waals surface area contributed by atoms with Gasteiger partial charge in [-0.15, -0.1) is 0 Å². The van der Waals surface area contributed by atoms with Crippen molar-refractivity contribution in [2.75, 3.05) is 0 Å². The first-order valence-electron chi connectivity index (χ1n) is 5.34. The van der Waals surface area contributed by atoms with Crippen LogP contribution in [-0.4, -0.2) is 11.8 Å². The highest BCUT2D eigenvalue weighted by Gasteiger charge is 2.12. The summed E-state index contributed by atoms with van der Waals surface area (Å²) in [5, 5.41) is 0. The first-order chi connectivity index (χ1) is 6.07. The van der Waals surface area contributed by atoms with E-state index in [1.807, 2.05) is 0 Å². The van der Waals surface area contributed by atoms with Crippen LogP contribution in [0.3, 0.4) is 0 Å². The van der Waals surface area contributed by atoms with Crippen LogP contribution in [0, 0.1) is 5.92 Å². The third-order valence-corrected chi connectivity index (χ3v) is 2.48. The van der Waals surface area contributed by atoms with E-state index in [9.17, 15) is 4.79 Å². The summed E-state index contributed by atoms with van der Waals surface area (Å²) in [6.45, 7) is 5.95. The molecule has 0 amide bonds. The Labute approximate surface area is 81.9 Å². The predicted octanol–water partition coefficient (Wildman–Crippen LogP) is 2.51. The van der Waals surface area contributed by atoms with Crippen molar-refractivity contribution < 1.29 is 4.79 Å². The topological polar surface area (TPSA) is 43.1 Å². The zero-order valence-electron chi connectivity index (χ0n) is 9.18. The van der Waals surface area contributed by atoms with Crippen molar-refractivity contribution in [1.82, 2.24) is 0 Å². The minimum atomic E-state index is -0.239. The molecule has 13 heavy (non-hydrogen) atoms. The van der Waals surface area contributed by atoms with Crippen molar-refractivity contribution in [2.24, 2.45) is 11.7 Å². The van der Waals surface area contributed by atoms with Crippen LogP contribution in [0.25, 0.3) is 0 Å². The number of ketones is 1. The minimum absolute atomic E-state index is 0.113. The second kappa shape index (κ2) is 7.07. The molecule has 0 aromatic rings. The van der Waals surface area contributed by atoms with E-state index in [4.69, 9.17) is 5.73 Å². The second-order valence-corrected chi connectivity index (χ2v) is 4.05. The van der Waals surface area contributed by atoms with Crippen LogP contribution in [0.4, 0.5) is 0 Å². The highest BCUT2D eigenvalue weighted by atomic mass is 16.1. The zero-order chi connectivity index (χ0) is 10.3. The summed E-state index contributed by atoms with van der Waals surface area (Å²) in [4.78, 5) is 10.9. The first kappa shape index (κ1) is 12.6. The summed E-state index contributed by atoms with van der Waals surface area (Å²) in [6.07, 6.45) is 5.86. The van der Waals surface area contributed by atoms with Crippen LogP contribution >= 0.6 is 0 Å². The molecule has 2 nitrogen and oxygen atoms in total. The summed E-state index contributed by atoms with van der Waals surface area (Å²) in [6, 6.07) is -0.239. The third-order valence-electron chi connectivity index (χ3n) is 2.48. The molecule has 0 fully saturated rings. The van der Waals surface area contributed by atoms with Crippen molar-refractivity contribution >= 4 is 5.78 Å². The molecule has 0 unspecified atom stereocenters. The van der Waals surface area contributed by atoms with Crippen molar-refractivity contribution in [3.8, 4) is 0 Å². The van der Waals surface area contributed by atoms with E-state index in [2.05, 4.69) is 13.8 Å². The van der Waals surface area contributed by atoms with Gasteiger partial charge in [0.05, 0.1) is 6.04 Å². The standard InChI is InChI=1S/C11H23NO/c1-4-5-6-7-9(2)8-11(12)10(3)13/h9,11H,4-8,12H2,1-3H3/t9-,11-/m0/s1. The maximum atomic E-state index is 10.9. The number of Topliss-reactive ketones (excluding diaryl/α,β-unsaturated/α-hetero) is 1. The molecule has 2 heteroatoms. The smallest absolute Gasteiger partial charge is 0.146 e. The lowest BCUT2D eigenvalue weighted by Gasteiger charge is -2.14. The normalized spacial score (nSPS) is 15.4. The Morgan fingerprint density at radius 3 is 2.46 bits per heavy atom. The molecule has 0 saturated heterocycles. The number of unbranched alkanes of at least 4 members (excludes halogenated alkanes) is 2. The number of hydrogen-bond donors (Lipinski definition) is 1. The molecule has 0 saturated carbocycles. The fourth-order valence-electron chi connectivity index (χ4n) is 1.46. The quantitative estimate of drug-likeness (QED) is 0.619. The number of nitrogens with two attached hydrogens (primary N) is 1. The summed E-state index contributed by atoms with van der Waals surface area (Å²) in [7, 11) is 0. The molecular formula is C11H23NO. The molecule has 0 spiro atoms. The first-order valence-corrected chi connectivity index (χ1v) is 5.34. The summed E-state index contributed by atoms with van der Waals surface area (Å²) < 4.78 is 0. The Balaban J connectivity index is 3.49. The molecule has 78 valence electrons. The van der Waals surface area contributed by atoms with E-state index in [1.165, 1.54) is 25.7 Å². The molecule has 0 heterocycles. The van der Waals surface area contributed by atoms with E-state index >= 15 is 0 Å². The van der Waals surface area contributed by atoms with Gasteiger partial charge in [0.15, 0.2) is 0 Å². The number of carbonyl (C=O) groups is 1. The molecule has 0 aromatic carbocycles. The SMILES string of the molecule is CCCCC[C@H](C)C[C@H](N)C(C)=O. The molecule has 0 aliphatic carbocycles. The monoisotopic (exact) mass is 185 g/mol. The third kappa shape index (κ3) is 6.76. The zero-order valence-corrected chi connectivity index (χ0v) is 9.18. The number of rotatable bonds is 7. The van der Waals surface area contributed by atoms with Gasteiger partial charge in [0.25, 0.3) is 0 Å². The van der Waals surface area contributed by atoms with Crippen LogP contribution in [0.2, 0.25) is 0 Å². The van der Waals surface area contributed by atoms with Crippen LogP contribution < -0.4 is 5.73 Å². The highest BCUT2D eigenvalue weighted by molar-refractivity contribution is 5.81. The fraction of sp³-hybridized carbons (Fsp3) is 0.909. The van der Waals surface area contributed by atoms with Gasteiger partial charge in [0.2, 0.25) is 0 Å². The number of carbonyl (C=O) groups excluding carboxylic acids is 1. The van der Waals surface area contributed by atoms with Crippen molar-refractivity contribution in [3.05, 3.63) is 0 Å². The Morgan fingerprint density at radius 1 is 1.38 bits per heavy atom. The molecule has 0 bridgehead atoms. The Bertz CT molecular complexity index is 145. The van der Waals surface area contributed by atoms with Crippen molar-refractivity contribution in [3.63, 3.8) is 0 Å². The van der Waals surface area contributed by atoms with E-state index in [-0.39, 0.29) is 11.8 Å². The van der Waals surface area contributed by atoms with Gasteiger partial charge in [-0.25, -0.2) is 0 Å². The molecule has 2 atom stereocenters.